The van der Waals surface area contributed by atoms with E-state index in [0.29, 0.717) is 0 Å². The van der Waals surface area contributed by atoms with Crippen LogP contribution in [0.1, 0.15) is 72.6 Å². The standard InChI is InChI=1S/C24H35N3O4/c1-22(2,3)26-20(29)18-24-13-12-23(4,31-24)16(17(24)21(30)27(18)15-10-11-15)19(28)25-14-8-6-5-7-9-14/h12-18H,5-11H2,1-4H3,(H,25,28)(H,26,29). The van der Waals surface area contributed by atoms with Gasteiger partial charge in [0.05, 0.1) is 17.4 Å². The zero-order valence-electron chi connectivity index (χ0n) is 19.1. The molecule has 5 unspecified atom stereocenters. The Labute approximate surface area is 184 Å². The monoisotopic (exact) mass is 429 g/mol. The number of likely N-dealkylation sites (tertiary alicyclic amines) is 1. The van der Waals surface area contributed by atoms with Crippen molar-refractivity contribution in [2.75, 3.05) is 0 Å². The number of hydrogen-bond donors (Lipinski definition) is 2. The van der Waals surface area contributed by atoms with Crippen molar-refractivity contribution in [3.05, 3.63) is 12.2 Å². The Morgan fingerprint density at radius 3 is 2.35 bits per heavy atom. The summed E-state index contributed by atoms with van der Waals surface area (Å²) in [5.41, 5.74) is -2.36. The number of hydrogen-bond acceptors (Lipinski definition) is 4. The minimum atomic E-state index is -1.07. The van der Waals surface area contributed by atoms with Crippen molar-refractivity contribution in [3.63, 3.8) is 0 Å². The highest BCUT2D eigenvalue weighted by atomic mass is 16.5. The van der Waals surface area contributed by atoms with E-state index in [1.807, 2.05) is 39.8 Å². The van der Waals surface area contributed by atoms with Crippen LogP contribution in [0.5, 0.6) is 0 Å². The third-order valence-electron chi connectivity index (χ3n) is 7.66. The summed E-state index contributed by atoms with van der Waals surface area (Å²) in [7, 11) is 0. The minimum absolute atomic E-state index is 0.0640. The summed E-state index contributed by atoms with van der Waals surface area (Å²) < 4.78 is 6.53. The molecule has 3 aliphatic heterocycles. The number of amides is 3. The van der Waals surface area contributed by atoms with E-state index >= 15 is 0 Å². The number of fused-ring (bicyclic) bond motifs is 1. The van der Waals surface area contributed by atoms with Gasteiger partial charge in [-0.2, -0.15) is 0 Å². The number of carbonyl (C=O) groups excluding carboxylic acids is 3. The SMILES string of the molecule is CC(C)(C)NC(=O)C1N(C2CC2)C(=O)C2C(C(=O)NC3CCCCC3)C3(C)C=CC21O3. The highest BCUT2D eigenvalue weighted by Gasteiger charge is 2.77. The highest BCUT2D eigenvalue weighted by molar-refractivity contribution is 6.00. The molecule has 2 N–H and O–H groups in total. The Morgan fingerprint density at radius 2 is 1.74 bits per heavy atom. The van der Waals surface area contributed by atoms with Gasteiger partial charge < -0.3 is 20.3 Å². The zero-order chi connectivity index (χ0) is 22.2. The number of rotatable bonds is 4. The van der Waals surface area contributed by atoms with Gasteiger partial charge >= 0.3 is 0 Å². The number of carbonyl (C=O) groups is 3. The maximum Gasteiger partial charge on any atom is 0.246 e. The van der Waals surface area contributed by atoms with Crippen LogP contribution < -0.4 is 10.6 Å². The van der Waals surface area contributed by atoms with Crippen LogP contribution in [-0.4, -0.2) is 57.5 Å². The first-order chi connectivity index (χ1) is 14.6. The molecule has 3 heterocycles. The first-order valence-electron chi connectivity index (χ1n) is 11.9. The second kappa shape index (κ2) is 6.80. The Bertz CT molecular complexity index is 838. The van der Waals surface area contributed by atoms with Gasteiger partial charge in [-0.1, -0.05) is 31.4 Å². The quantitative estimate of drug-likeness (QED) is 0.670. The molecule has 4 fully saturated rings. The highest BCUT2D eigenvalue weighted by Crippen LogP contribution is 2.61. The molecular weight excluding hydrogens is 394 g/mol. The third kappa shape index (κ3) is 3.22. The zero-order valence-corrected chi connectivity index (χ0v) is 19.1. The summed E-state index contributed by atoms with van der Waals surface area (Å²) >= 11 is 0. The maximum atomic E-state index is 13.7. The molecule has 0 aromatic carbocycles. The van der Waals surface area contributed by atoms with Gasteiger partial charge in [-0.05, 0) is 53.4 Å². The predicted octanol–water partition coefficient (Wildman–Crippen LogP) is 2.05. The van der Waals surface area contributed by atoms with E-state index in [9.17, 15) is 14.4 Å². The number of nitrogens with one attached hydrogen (secondary N) is 2. The molecule has 3 amide bonds. The van der Waals surface area contributed by atoms with E-state index in [2.05, 4.69) is 10.6 Å². The molecule has 7 heteroatoms. The lowest BCUT2D eigenvalue weighted by molar-refractivity contribution is -0.146. The first-order valence-corrected chi connectivity index (χ1v) is 11.9. The molecule has 2 saturated heterocycles. The van der Waals surface area contributed by atoms with Gasteiger partial charge in [-0.3, -0.25) is 14.4 Å². The van der Waals surface area contributed by atoms with Crippen LogP contribution in [0.2, 0.25) is 0 Å². The first kappa shape index (κ1) is 21.0. The van der Waals surface area contributed by atoms with Gasteiger partial charge in [-0.15, -0.1) is 0 Å². The van der Waals surface area contributed by atoms with E-state index in [4.69, 9.17) is 4.74 Å². The van der Waals surface area contributed by atoms with E-state index in [1.165, 1.54) is 6.42 Å². The molecule has 2 aliphatic carbocycles. The molecule has 5 aliphatic rings. The summed E-state index contributed by atoms with van der Waals surface area (Å²) in [6, 6.07) is -0.503. The molecule has 1 spiro atoms. The smallest absolute Gasteiger partial charge is 0.246 e. The Balaban J connectivity index is 1.48. The molecule has 0 aromatic heterocycles. The fourth-order valence-electron chi connectivity index (χ4n) is 6.29. The fraction of sp³-hybridized carbons (Fsp3) is 0.792. The molecule has 0 aromatic rings. The Hall–Kier alpha value is -1.89. The van der Waals surface area contributed by atoms with Crippen molar-refractivity contribution in [1.82, 2.24) is 15.5 Å². The Kier molecular flexibility index (Phi) is 4.60. The fourth-order valence-corrected chi connectivity index (χ4v) is 6.29. The molecule has 7 nitrogen and oxygen atoms in total. The van der Waals surface area contributed by atoms with Crippen LogP contribution >= 0.6 is 0 Å². The molecular formula is C24H35N3O4. The van der Waals surface area contributed by atoms with E-state index in [-0.39, 0.29) is 29.8 Å². The lowest BCUT2D eigenvalue weighted by Gasteiger charge is -2.35. The third-order valence-corrected chi connectivity index (χ3v) is 7.66. The second-order valence-electron chi connectivity index (χ2n) is 11.4. The van der Waals surface area contributed by atoms with Crippen molar-refractivity contribution in [2.24, 2.45) is 11.8 Å². The maximum absolute atomic E-state index is 13.7. The molecule has 5 rings (SSSR count). The van der Waals surface area contributed by atoms with Crippen LogP contribution in [0.15, 0.2) is 12.2 Å². The van der Waals surface area contributed by atoms with E-state index < -0.39 is 34.6 Å². The van der Waals surface area contributed by atoms with Crippen molar-refractivity contribution in [3.8, 4) is 0 Å². The van der Waals surface area contributed by atoms with Crippen LogP contribution in [0.4, 0.5) is 0 Å². The number of ether oxygens (including phenoxy) is 1. The normalized spacial score (nSPS) is 39.7. The summed E-state index contributed by atoms with van der Waals surface area (Å²) in [6.07, 6.45) is 11.0. The average molecular weight is 430 g/mol. The summed E-state index contributed by atoms with van der Waals surface area (Å²) in [5.74, 6) is -1.67. The second-order valence-corrected chi connectivity index (χ2v) is 11.4. The topological polar surface area (TPSA) is 87.7 Å². The average Bonchev–Trinajstić information content (AvgIpc) is 3.34. The van der Waals surface area contributed by atoms with Gasteiger partial charge in [0.2, 0.25) is 17.7 Å². The largest absolute Gasteiger partial charge is 0.356 e. The van der Waals surface area contributed by atoms with Crippen LogP contribution in [0.25, 0.3) is 0 Å². The molecule has 0 radical (unpaired) electrons. The molecule has 2 saturated carbocycles. The van der Waals surface area contributed by atoms with Gasteiger partial charge in [-0.25, -0.2) is 0 Å². The molecule has 5 atom stereocenters. The molecule has 31 heavy (non-hydrogen) atoms. The van der Waals surface area contributed by atoms with E-state index in [0.717, 1.165) is 38.5 Å². The van der Waals surface area contributed by atoms with Crippen molar-refractivity contribution in [2.45, 2.75) is 108 Å². The van der Waals surface area contributed by atoms with Gasteiger partial charge in [0.15, 0.2) is 0 Å². The van der Waals surface area contributed by atoms with Crippen molar-refractivity contribution >= 4 is 17.7 Å². The summed E-state index contributed by atoms with van der Waals surface area (Å²) in [4.78, 5) is 42.4. The molecule has 2 bridgehead atoms. The molecule has 170 valence electrons. The van der Waals surface area contributed by atoms with Crippen LogP contribution in [0, 0.1) is 11.8 Å². The van der Waals surface area contributed by atoms with Crippen molar-refractivity contribution < 1.29 is 19.1 Å². The van der Waals surface area contributed by atoms with Crippen LogP contribution in [0.3, 0.4) is 0 Å². The van der Waals surface area contributed by atoms with Gasteiger partial charge in [0, 0.05) is 17.6 Å². The predicted molar refractivity (Wildman–Crippen MR) is 115 cm³/mol. The minimum Gasteiger partial charge on any atom is -0.356 e. The lowest BCUT2D eigenvalue weighted by Crippen LogP contribution is -2.58. The van der Waals surface area contributed by atoms with Gasteiger partial charge in [0.1, 0.15) is 11.6 Å². The number of nitrogens with zero attached hydrogens (tertiary/aromatic N) is 1. The summed E-state index contributed by atoms with van der Waals surface area (Å²) in [6.45, 7) is 7.68. The van der Waals surface area contributed by atoms with Crippen molar-refractivity contribution in [1.29, 1.82) is 0 Å². The summed E-state index contributed by atoms with van der Waals surface area (Å²) in [5, 5.41) is 6.28. The lowest BCUT2D eigenvalue weighted by atomic mass is 9.70. The van der Waals surface area contributed by atoms with Gasteiger partial charge in [0.25, 0.3) is 0 Å². The van der Waals surface area contributed by atoms with Crippen LogP contribution in [-0.2, 0) is 19.1 Å². The van der Waals surface area contributed by atoms with E-state index in [1.54, 1.807) is 4.90 Å². The Morgan fingerprint density at radius 1 is 1.06 bits per heavy atom.